The number of ketones is 1. The summed E-state index contributed by atoms with van der Waals surface area (Å²) in [7, 11) is 0. The van der Waals surface area contributed by atoms with E-state index < -0.39 is 0 Å². The summed E-state index contributed by atoms with van der Waals surface area (Å²) in [6.07, 6.45) is 2.89. The fourth-order valence-corrected chi connectivity index (χ4v) is 3.52. The molecule has 1 aliphatic carbocycles. The van der Waals surface area contributed by atoms with Crippen molar-refractivity contribution in [2.45, 2.75) is 19.3 Å². The second-order valence-electron chi connectivity index (χ2n) is 4.23. The first-order valence-corrected chi connectivity index (χ1v) is 7.19. The van der Waals surface area contributed by atoms with E-state index in [0.29, 0.717) is 5.78 Å². The van der Waals surface area contributed by atoms with Gasteiger partial charge in [0, 0.05) is 31.2 Å². The number of Topliss-reactive ketones (excluding diaryl/α,β-unsaturated/α-hetero) is 1. The lowest BCUT2D eigenvalue weighted by molar-refractivity contribution is -0.120. The molecule has 0 radical (unpaired) electrons. The quantitative estimate of drug-likeness (QED) is 0.704. The lowest BCUT2D eigenvalue weighted by Crippen LogP contribution is -2.38. The highest BCUT2D eigenvalue weighted by Gasteiger charge is 2.25. The van der Waals surface area contributed by atoms with Gasteiger partial charge in [0.2, 0.25) is 0 Å². The summed E-state index contributed by atoms with van der Waals surface area (Å²) in [5.74, 6) is 1.55. The number of ether oxygens (including phenoxy) is 1. The molecule has 90 valence electrons. The van der Waals surface area contributed by atoms with Gasteiger partial charge in [0.15, 0.2) is 0 Å². The average Bonchev–Trinajstić information content (AvgIpc) is 2.73. The Hall–Kier alpha value is -0.130. The molecule has 1 saturated heterocycles. The first-order chi connectivity index (χ1) is 7.77. The molecule has 1 atom stereocenters. The van der Waals surface area contributed by atoms with E-state index in [4.69, 9.17) is 17.0 Å². The molecule has 0 aromatic rings. The van der Waals surface area contributed by atoms with E-state index in [1.807, 2.05) is 0 Å². The Morgan fingerprint density at radius 1 is 1.50 bits per heavy atom. The number of nitrogens with zero attached hydrogens (tertiary/aromatic N) is 1. The largest absolute Gasteiger partial charge is 0.378 e. The van der Waals surface area contributed by atoms with Crippen LogP contribution in [0.15, 0.2) is 0 Å². The van der Waals surface area contributed by atoms with Crippen molar-refractivity contribution in [1.29, 1.82) is 0 Å². The molecule has 0 spiro atoms. The van der Waals surface area contributed by atoms with Crippen molar-refractivity contribution >= 4 is 34.1 Å². The van der Waals surface area contributed by atoms with Crippen LogP contribution in [0.4, 0.5) is 0 Å². The highest BCUT2D eigenvalue weighted by molar-refractivity contribution is 8.22. The summed E-state index contributed by atoms with van der Waals surface area (Å²) in [5.41, 5.74) is 0. The van der Waals surface area contributed by atoms with Crippen molar-refractivity contribution in [2.75, 3.05) is 32.1 Å². The van der Waals surface area contributed by atoms with Gasteiger partial charge in [-0.05, 0) is 12.8 Å². The Morgan fingerprint density at radius 2 is 2.25 bits per heavy atom. The fourth-order valence-electron chi connectivity index (χ4n) is 2.07. The van der Waals surface area contributed by atoms with Gasteiger partial charge in [-0.1, -0.05) is 24.0 Å². The molecule has 0 N–H and O–H groups in total. The third kappa shape index (κ3) is 3.18. The Morgan fingerprint density at radius 3 is 2.88 bits per heavy atom. The molecule has 0 aromatic carbocycles. The van der Waals surface area contributed by atoms with Crippen molar-refractivity contribution in [3.8, 4) is 0 Å². The zero-order valence-electron chi connectivity index (χ0n) is 9.31. The van der Waals surface area contributed by atoms with E-state index in [1.54, 1.807) is 11.8 Å². The fraction of sp³-hybridized carbons (Fsp3) is 0.818. The monoisotopic (exact) mass is 259 g/mol. The van der Waals surface area contributed by atoms with Crippen LogP contribution in [0.5, 0.6) is 0 Å². The lowest BCUT2D eigenvalue weighted by Gasteiger charge is -2.28. The molecule has 3 nitrogen and oxygen atoms in total. The van der Waals surface area contributed by atoms with Gasteiger partial charge in [0.05, 0.1) is 13.2 Å². The SMILES string of the molecule is O=C1CCCC1CSC(=S)N1CCOCC1. The third-order valence-electron chi connectivity index (χ3n) is 3.11. The number of thioether (sulfide) groups is 1. The minimum atomic E-state index is 0.254. The number of morpholine rings is 1. The number of rotatable bonds is 2. The number of hydrogen-bond donors (Lipinski definition) is 0. The average molecular weight is 259 g/mol. The van der Waals surface area contributed by atoms with E-state index in [1.165, 1.54) is 0 Å². The molecule has 2 aliphatic rings. The Bertz CT molecular complexity index is 277. The summed E-state index contributed by atoms with van der Waals surface area (Å²) in [5, 5.41) is 0. The first-order valence-electron chi connectivity index (χ1n) is 5.79. The van der Waals surface area contributed by atoms with Crippen LogP contribution in [-0.2, 0) is 9.53 Å². The predicted molar refractivity (Wildman–Crippen MR) is 69.8 cm³/mol. The van der Waals surface area contributed by atoms with Crippen molar-refractivity contribution < 1.29 is 9.53 Å². The molecule has 2 fully saturated rings. The lowest BCUT2D eigenvalue weighted by atomic mass is 10.1. The number of carbonyl (C=O) groups is 1. The van der Waals surface area contributed by atoms with Crippen molar-refractivity contribution in [3.63, 3.8) is 0 Å². The van der Waals surface area contributed by atoms with Gasteiger partial charge in [-0.3, -0.25) is 4.79 Å². The summed E-state index contributed by atoms with van der Waals surface area (Å²) >= 11 is 7.03. The van der Waals surface area contributed by atoms with E-state index in [0.717, 1.165) is 55.6 Å². The highest BCUT2D eigenvalue weighted by Crippen LogP contribution is 2.26. The summed E-state index contributed by atoms with van der Waals surface area (Å²) < 4.78 is 6.21. The van der Waals surface area contributed by atoms with Crippen LogP contribution >= 0.6 is 24.0 Å². The Balaban J connectivity index is 1.72. The van der Waals surface area contributed by atoms with Gasteiger partial charge in [0.1, 0.15) is 10.1 Å². The number of carbonyl (C=O) groups excluding carboxylic acids is 1. The van der Waals surface area contributed by atoms with Crippen LogP contribution in [-0.4, -0.2) is 47.1 Å². The van der Waals surface area contributed by atoms with E-state index >= 15 is 0 Å². The van der Waals surface area contributed by atoms with Crippen LogP contribution in [0.2, 0.25) is 0 Å². The molecular weight excluding hydrogens is 242 g/mol. The van der Waals surface area contributed by atoms with Crippen LogP contribution in [0.25, 0.3) is 0 Å². The van der Waals surface area contributed by atoms with Crippen molar-refractivity contribution in [3.05, 3.63) is 0 Å². The molecule has 0 aromatic heterocycles. The first kappa shape index (κ1) is 12.3. The van der Waals surface area contributed by atoms with Gasteiger partial charge in [-0.25, -0.2) is 0 Å². The molecule has 1 heterocycles. The van der Waals surface area contributed by atoms with E-state index in [-0.39, 0.29) is 5.92 Å². The summed E-state index contributed by atoms with van der Waals surface area (Å²) in [6.45, 7) is 3.32. The maximum absolute atomic E-state index is 11.5. The topological polar surface area (TPSA) is 29.5 Å². The molecule has 16 heavy (non-hydrogen) atoms. The van der Waals surface area contributed by atoms with Crippen molar-refractivity contribution in [2.24, 2.45) is 5.92 Å². The molecule has 1 unspecified atom stereocenters. The van der Waals surface area contributed by atoms with Gasteiger partial charge < -0.3 is 9.64 Å². The second kappa shape index (κ2) is 5.98. The molecule has 2 rings (SSSR count). The maximum Gasteiger partial charge on any atom is 0.136 e. The smallest absolute Gasteiger partial charge is 0.136 e. The Kier molecular flexibility index (Phi) is 4.61. The van der Waals surface area contributed by atoms with Crippen molar-refractivity contribution in [1.82, 2.24) is 4.90 Å². The van der Waals surface area contributed by atoms with Crippen LogP contribution < -0.4 is 0 Å². The molecule has 1 aliphatic heterocycles. The molecule has 0 bridgehead atoms. The van der Waals surface area contributed by atoms with Crippen LogP contribution in [0, 0.1) is 5.92 Å². The number of thiocarbonyl (C=S) groups is 1. The zero-order chi connectivity index (χ0) is 11.4. The standard InChI is InChI=1S/C11H17NO2S2/c13-10-3-1-2-9(10)8-16-11(15)12-4-6-14-7-5-12/h9H,1-8H2. The van der Waals surface area contributed by atoms with Crippen LogP contribution in [0.3, 0.4) is 0 Å². The molecule has 0 amide bonds. The second-order valence-corrected chi connectivity index (χ2v) is 5.89. The highest BCUT2D eigenvalue weighted by atomic mass is 32.2. The minimum Gasteiger partial charge on any atom is -0.378 e. The molecule has 5 heteroatoms. The normalized spacial score (nSPS) is 26.1. The predicted octanol–water partition coefficient (Wildman–Crippen LogP) is 1.71. The third-order valence-corrected chi connectivity index (χ3v) is 4.79. The molecular formula is C11H17NO2S2. The van der Waals surface area contributed by atoms with E-state index in [2.05, 4.69) is 4.90 Å². The minimum absolute atomic E-state index is 0.254. The van der Waals surface area contributed by atoms with Gasteiger partial charge in [0.25, 0.3) is 0 Å². The summed E-state index contributed by atoms with van der Waals surface area (Å²) in [4.78, 5) is 13.7. The molecule has 1 saturated carbocycles. The number of hydrogen-bond acceptors (Lipinski definition) is 4. The summed E-state index contributed by atoms with van der Waals surface area (Å²) in [6, 6.07) is 0. The van der Waals surface area contributed by atoms with Gasteiger partial charge in [-0.15, -0.1) is 0 Å². The van der Waals surface area contributed by atoms with E-state index in [9.17, 15) is 4.79 Å². The Labute approximate surface area is 106 Å². The van der Waals surface area contributed by atoms with Crippen LogP contribution in [0.1, 0.15) is 19.3 Å². The zero-order valence-corrected chi connectivity index (χ0v) is 10.9. The van der Waals surface area contributed by atoms with Gasteiger partial charge in [-0.2, -0.15) is 0 Å². The maximum atomic E-state index is 11.5. The van der Waals surface area contributed by atoms with Gasteiger partial charge >= 0.3 is 0 Å².